The zero-order valence-corrected chi connectivity index (χ0v) is 13.8. The molecule has 2 aromatic heterocycles. The van der Waals surface area contributed by atoms with E-state index in [4.69, 9.17) is 16.3 Å². The third-order valence-electron chi connectivity index (χ3n) is 3.26. The van der Waals surface area contributed by atoms with Gasteiger partial charge in [0.2, 0.25) is 5.82 Å². The van der Waals surface area contributed by atoms with E-state index >= 15 is 0 Å². The molecule has 3 rings (SSSR count). The molecule has 25 heavy (non-hydrogen) atoms. The van der Waals surface area contributed by atoms with E-state index in [9.17, 15) is 10.1 Å². The fraction of sp³-hybridized carbons (Fsp3) is 0.0625. The number of ether oxygens (including phenoxy) is 1. The quantitative estimate of drug-likeness (QED) is 0.537. The maximum Gasteiger partial charge on any atom is 0.373 e. The van der Waals surface area contributed by atoms with Crippen molar-refractivity contribution in [3.05, 3.63) is 69.8 Å². The number of rotatable bonds is 5. The molecule has 9 heteroatoms. The summed E-state index contributed by atoms with van der Waals surface area (Å²) in [7, 11) is 0. The molecule has 2 heterocycles. The SMILES string of the molecule is Cc1cc(Cl)ccc1Nc1ncnc(Oc2cccnc2)c1[N+](=O)[O-]. The van der Waals surface area contributed by atoms with E-state index < -0.39 is 4.92 Å². The molecular weight excluding hydrogens is 346 g/mol. The van der Waals surface area contributed by atoms with Crippen LogP contribution < -0.4 is 10.1 Å². The smallest absolute Gasteiger partial charge is 0.373 e. The van der Waals surface area contributed by atoms with Gasteiger partial charge < -0.3 is 10.1 Å². The molecule has 0 unspecified atom stereocenters. The van der Waals surface area contributed by atoms with Gasteiger partial charge in [0.25, 0.3) is 0 Å². The van der Waals surface area contributed by atoms with Crippen LogP contribution in [0.25, 0.3) is 0 Å². The lowest BCUT2D eigenvalue weighted by atomic mass is 10.2. The van der Waals surface area contributed by atoms with E-state index in [0.29, 0.717) is 16.5 Å². The van der Waals surface area contributed by atoms with Crippen LogP contribution in [0.5, 0.6) is 11.6 Å². The molecule has 0 amide bonds. The van der Waals surface area contributed by atoms with Crippen molar-refractivity contribution in [2.75, 3.05) is 5.32 Å². The summed E-state index contributed by atoms with van der Waals surface area (Å²) < 4.78 is 5.48. The van der Waals surface area contributed by atoms with E-state index in [-0.39, 0.29) is 17.4 Å². The summed E-state index contributed by atoms with van der Waals surface area (Å²) in [5.74, 6) is 0.171. The molecule has 0 aliphatic heterocycles. The molecule has 0 radical (unpaired) electrons. The van der Waals surface area contributed by atoms with Gasteiger partial charge in [-0.3, -0.25) is 15.1 Å². The second-order valence-electron chi connectivity index (χ2n) is 5.01. The van der Waals surface area contributed by atoms with E-state index in [1.807, 2.05) is 6.92 Å². The lowest BCUT2D eigenvalue weighted by molar-refractivity contribution is -0.385. The van der Waals surface area contributed by atoms with Crippen LogP contribution in [-0.4, -0.2) is 19.9 Å². The lowest BCUT2D eigenvalue weighted by Gasteiger charge is -2.11. The fourth-order valence-electron chi connectivity index (χ4n) is 2.11. The number of aryl methyl sites for hydroxylation is 1. The third-order valence-corrected chi connectivity index (χ3v) is 3.50. The number of nitrogens with zero attached hydrogens (tertiary/aromatic N) is 4. The van der Waals surface area contributed by atoms with Gasteiger partial charge in [0.1, 0.15) is 12.1 Å². The third kappa shape index (κ3) is 3.81. The topological polar surface area (TPSA) is 103 Å². The average molecular weight is 358 g/mol. The molecule has 126 valence electrons. The van der Waals surface area contributed by atoms with Crippen LogP contribution in [0.4, 0.5) is 17.2 Å². The molecule has 0 aliphatic rings. The van der Waals surface area contributed by atoms with Crippen LogP contribution in [0.2, 0.25) is 5.02 Å². The predicted molar refractivity (Wildman–Crippen MR) is 92.5 cm³/mol. The van der Waals surface area contributed by atoms with Gasteiger partial charge in [0.15, 0.2) is 0 Å². The molecule has 0 saturated carbocycles. The molecular formula is C16H12ClN5O3. The van der Waals surface area contributed by atoms with E-state index in [0.717, 1.165) is 5.56 Å². The normalized spacial score (nSPS) is 10.3. The number of nitrogens with one attached hydrogen (secondary N) is 1. The number of nitro groups is 1. The Bertz CT molecular complexity index is 921. The summed E-state index contributed by atoms with van der Waals surface area (Å²) in [4.78, 5) is 22.7. The van der Waals surface area contributed by atoms with Gasteiger partial charge in [-0.25, -0.2) is 4.98 Å². The lowest BCUT2D eigenvalue weighted by Crippen LogP contribution is -2.04. The zero-order chi connectivity index (χ0) is 17.8. The number of halogens is 1. The minimum absolute atomic E-state index is 0.0179. The number of anilines is 2. The second-order valence-corrected chi connectivity index (χ2v) is 5.44. The summed E-state index contributed by atoms with van der Waals surface area (Å²) in [6.07, 6.45) is 4.19. The Morgan fingerprint density at radius 1 is 1.28 bits per heavy atom. The molecule has 8 nitrogen and oxygen atoms in total. The summed E-state index contributed by atoms with van der Waals surface area (Å²) in [6, 6.07) is 8.40. The van der Waals surface area contributed by atoms with Crippen LogP contribution in [-0.2, 0) is 0 Å². The number of hydrogen-bond donors (Lipinski definition) is 1. The predicted octanol–water partition coefficient (Wildman–Crippen LogP) is 4.28. The molecule has 0 bridgehead atoms. The number of aromatic nitrogens is 3. The minimum Gasteiger partial charge on any atom is -0.432 e. The number of pyridine rings is 1. The van der Waals surface area contributed by atoms with Crippen molar-refractivity contribution in [3.63, 3.8) is 0 Å². The number of benzene rings is 1. The van der Waals surface area contributed by atoms with Gasteiger partial charge in [0.05, 0.1) is 11.1 Å². The molecule has 0 saturated heterocycles. The first-order valence-corrected chi connectivity index (χ1v) is 7.53. The molecule has 0 spiro atoms. The monoisotopic (exact) mass is 357 g/mol. The minimum atomic E-state index is -0.598. The number of hydrogen-bond acceptors (Lipinski definition) is 7. The first-order chi connectivity index (χ1) is 12.0. The largest absolute Gasteiger partial charge is 0.432 e. The summed E-state index contributed by atoms with van der Waals surface area (Å²) >= 11 is 5.93. The highest BCUT2D eigenvalue weighted by Crippen LogP contribution is 2.35. The van der Waals surface area contributed by atoms with Crippen molar-refractivity contribution in [1.82, 2.24) is 15.0 Å². The van der Waals surface area contributed by atoms with Gasteiger partial charge in [-0.15, -0.1) is 0 Å². The van der Waals surface area contributed by atoms with Crippen LogP contribution in [0.15, 0.2) is 49.1 Å². The van der Waals surface area contributed by atoms with Crippen molar-refractivity contribution >= 4 is 28.8 Å². The van der Waals surface area contributed by atoms with E-state index in [2.05, 4.69) is 20.3 Å². The van der Waals surface area contributed by atoms with Crippen molar-refractivity contribution in [2.45, 2.75) is 6.92 Å². The van der Waals surface area contributed by atoms with Crippen LogP contribution in [0.1, 0.15) is 5.56 Å². The average Bonchev–Trinajstić information content (AvgIpc) is 2.58. The maximum absolute atomic E-state index is 11.5. The first-order valence-electron chi connectivity index (χ1n) is 7.15. The van der Waals surface area contributed by atoms with Crippen LogP contribution in [0.3, 0.4) is 0 Å². The summed E-state index contributed by atoms with van der Waals surface area (Å²) in [6.45, 7) is 1.83. The molecule has 0 atom stereocenters. The first kappa shape index (κ1) is 16.6. The Morgan fingerprint density at radius 3 is 2.80 bits per heavy atom. The van der Waals surface area contributed by atoms with Crippen molar-refractivity contribution in [1.29, 1.82) is 0 Å². The van der Waals surface area contributed by atoms with E-state index in [1.54, 1.807) is 36.5 Å². The standard InChI is InChI=1S/C16H12ClN5O3/c1-10-7-11(17)4-5-13(10)21-15-14(22(23)24)16(20-9-19-15)25-12-3-2-6-18-8-12/h2-9H,1H3,(H,19,20,21). The van der Waals surface area contributed by atoms with Crippen molar-refractivity contribution in [2.24, 2.45) is 0 Å². The zero-order valence-electron chi connectivity index (χ0n) is 13.0. The fourth-order valence-corrected chi connectivity index (χ4v) is 2.33. The van der Waals surface area contributed by atoms with Gasteiger partial charge in [-0.05, 0) is 42.8 Å². The second kappa shape index (κ2) is 7.10. The Hall–Kier alpha value is -3.26. The van der Waals surface area contributed by atoms with Gasteiger partial charge in [-0.2, -0.15) is 4.98 Å². The highest BCUT2D eigenvalue weighted by atomic mass is 35.5. The Morgan fingerprint density at radius 2 is 2.12 bits per heavy atom. The summed E-state index contributed by atoms with van der Waals surface area (Å²) in [5.41, 5.74) is 1.08. The highest BCUT2D eigenvalue weighted by Gasteiger charge is 2.25. The van der Waals surface area contributed by atoms with Gasteiger partial charge >= 0.3 is 11.6 Å². The van der Waals surface area contributed by atoms with Crippen molar-refractivity contribution < 1.29 is 9.66 Å². The Labute approximate surface area is 147 Å². The van der Waals surface area contributed by atoms with Gasteiger partial charge in [-0.1, -0.05) is 11.6 Å². The highest BCUT2D eigenvalue weighted by molar-refractivity contribution is 6.30. The molecule has 1 N–H and O–H groups in total. The Balaban J connectivity index is 1.99. The Kier molecular flexibility index (Phi) is 4.71. The summed E-state index contributed by atoms with van der Waals surface area (Å²) in [5, 5.41) is 15.0. The van der Waals surface area contributed by atoms with Crippen LogP contribution in [0, 0.1) is 17.0 Å². The van der Waals surface area contributed by atoms with E-state index in [1.165, 1.54) is 12.5 Å². The maximum atomic E-state index is 11.5. The molecule has 0 aliphatic carbocycles. The molecule has 3 aromatic rings. The van der Waals surface area contributed by atoms with Crippen molar-refractivity contribution in [3.8, 4) is 11.6 Å². The van der Waals surface area contributed by atoms with Crippen LogP contribution >= 0.6 is 11.6 Å². The van der Waals surface area contributed by atoms with Gasteiger partial charge in [0, 0.05) is 16.9 Å². The molecule has 0 fully saturated rings. The molecule has 1 aromatic carbocycles.